The number of benzene rings is 1. The number of rotatable bonds is 5. The van der Waals surface area contributed by atoms with Crippen molar-refractivity contribution >= 4 is 23.7 Å². The van der Waals surface area contributed by atoms with E-state index in [2.05, 4.69) is 15.8 Å². The number of nitrogens with one attached hydrogen (secondary N) is 2. The van der Waals surface area contributed by atoms with Crippen LogP contribution in [0.2, 0.25) is 0 Å². The SMILES string of the molecule is CCCNC(=O)C(=O)N/N=C/c1ccc([N+](=O)[O-])cc1. The van der Waals surface area contributed by atoms with E-state index in [0.717, 1.165) is 6.42 Å². The molecule has 2 amide bonds. The van der Waals surface area contributed by atoms with Gasteiger partial charge in [-0.25, -0.2) is 5.43 Å². The summed E-state index contributed by atoms with van der Waals surface area (Å²) in [6, 6.07) is 5.59. The minimum atomic E-state index is -0.864. The van der Waals surface area contributed by atoms with Crippen molar-refractivity contribution < 1.29 is 14.5 Å². The molecule has 0 radical (unpaired) electrons. The maximum absolute atomic E-state index is 11.3. The Hall–Kier alpha value is -2.77. The minimum absolute atomic E-state index is 0.0369. The molecule has 0 aliphatic rings. The molecule has 0 atom stereocenters. The molecule has 0 unspecified atom stereocenters. The average Bonchev–Trinajstić information content (AvgIpc) is 2.45. The van der Waals surface area contributed by atoms with Crippen LogP contribution in [0.25, 0.3) is 0 Å². The lowest BCUT2D eigenvalue weighted by Crippen LogP contribution is -2.38. The molecule has 106 valence electrons. The highest BCUT2D eigenvalue weighted by molar-refractivity contribution is 6.35. The van der Waals surface area contributed by atoms with Crippen molar-refractivity contribution in [2.24, 2.45) is 5.10 Å². The van der Waals surface area contributed by atoms with Crippen molar-refractivity contribution in [3.05, 3.63) is 39.9 Å². The molecule has 0 saturated heterocycles. The summed E-state index contributed by atoms with van der Waals surface area (Å²) < 4.78 is 0. The predicted octanol–water partition coefficient (Wildman–Crippen LogP) is 0.571. The number of amides is 2. The van der Waals surface area contributed by atoms with Crippen LogP contribution in [0.5, 0.6) is 0 Å². The first-order chi connectivity index (χ1) is 9.54. The zero-order valence-corrected chi connectivity index (χ0v) is 10.8. The summed E-state index contributed by atoms with van der Waals surface area (Å²) in [4.78, 5) is 32.4. The van der Waals surface area contributed by atoms with Crippen LogP contribution >= 0.6 is 0 Å². The molecule has 1 aromatic rings. The van der Waals surface area contributed by atoms with E-state index in [1.807, 2.05) is 6.92 Å². The number of hydrazone groups is 1. The average molecular weight is 278 g/mol. The van der Waals surface area contributed by atoms with Gasteiger partial charge < -0.3 is 5.32 Å². The summed E-state index contributed by atoms with van der Waals surface area (Å²) in [5.41, 5.74) is 2.58. The van der Waals surface area contributed by atoms with Gasteiger partial charge in [0.2, 0.25) is 0 Å². The van der Waals surface area contributed by atoms with Crippen molar-refractivity contribution in [2.45, 2.75) is 13.3 Å². The van der Waals surface area contributed by atoms with Crippen molar-refractivity contribution in [3.63, 3.8) is 0 Å². The van der Waals surface area contributed by atoms with Gasteiger partial charge in [0.05, 0.1) is 11.1 Å². The van der Waals surface area contributed by atoms with E-state index in [0.29, 0.717) is 12.1 Å². The molecular formula is C12H14N4O4. The van der Waals surface area contributed by atoms with E-state index in [9.17, 15) is 19.7 Å². The van der Waals surface area contributed by atoms with Gasteiger partial charge in [0.15, 0.2) is 0 Å². The quantitative estimate of drug-likeness (QED) is 0.354. The number of nitro groups is 1. The van der Waals surface area contributed by atoms with Crippen LogP contribution in [0.15, 0.2) is 29.4 Å². The molecule has 0 heterocycles. The third kappa shape index (κ3) is 4.84. The Bertz CT molecular complexity index is 525. The third-order valence-electron chi connectivity index (χ3n) is 2.23. The van der Waals surface area contributed by atoms with Crippen molar-refractivity contribution in [1.82, 2.24) is 10.7 Å². The summed E-state index contributed by atoms with van der Waals surface area (Å²) in [5.74, 6) is -1.62. The van der Waals surface area contributed by atoms with Crippen LogP contribution in [0.1, 0.15) is 18.9 Å². The number of hydrogen-bond acceptors (Lipinski definition) is 5. The maximum atomic E-state index is 11.3. The number of nitrogens with zero attached hydrogens (tertiary/aromatic N) is 2. The first-order valence-electron chi connectivity index (χ1n) is 5.90. The second-order valence-corrected chi connectivity index (χ2v) is 3.80. The molecule has 1 rings (SSSR count). The van der Waals surface area contributed by atoms with E-state index in [4.69, 9.17) is 0 Å². The molecule has 1 aromatic carbocycles. The zero-order chi connectivity index (χ0) is 15.0. The molecule has 0 saturated carbocycles. The highest BCUT2D eigenvalue weighted by Crippen LogP contribution is 2.10. The maximum Gasteiger partial charge on any atom is 0.329 e. The highest BCUT2D eigenvalue weighted by Gasteiger charge is 2.10. The van der Waals surface area contributed by atoms with Gasteiger partial charge >= 0.3 is 11.8 Å². The summed E-state index contributed by atoms with van der Waals surface area (Å²) in [5, 5.41) is 16.4. The van der Waals surface area contributed by atoms with Crippen molar-refractivity contribution in [3.8, 4) is 0 Å². The third-order valence-corrected chi connectivity index (χ3v) is 2.23. The van der Waals surface area contributed by atoms with Crippen LogP contribution < -0.4 is 10.7 Å². The number of carbonyl (C=O) groups is 2. The fourth-order valence-corrected chi connectivity index (χ4v) is 1.22. The Kier molecular flexibility index (Phi) is 5.82. The first kappa shape index (κ1) is 15.3. The number of carbonyl (C=O) groups excluding carboxylic acids is 2. The standard InChI is InChI=1S/C12H14N4O4/c1-2-7-13-11(17)12(18)15-14-8-9-3-5-10(6-4-9)16(19)20/h3-6,8H,2,7H2,1H3,(H,13,17)(H,15,18)/b14-8+. The first-order valence-corrected chi connectivity index (χ1v) is 5.90. The van der Waals surface area contributed by atoms with Gasteiger partial charge in [0.1, 0.15) is 0 Å². The second kappa shape index (κ2) is 7.62. The molecule has 0 aliphatic carbocycles. The van der Waals surface area contributed by atoms with Crippen LogP contribution in [-0.2, 0) is 9.59 Å². The monoisotopic (exact) mass is 278 g/mol. The van der Waals surface area contributed by atoms with E-state index < -0.39 is 16.7 Å². The van der Waals surface area contributed by atoms with E-state index in [1.54, 1.807) is 0 Å². The summed E-state index contributed by atoms with van der Waals surface area (Å²) in [7, 11) is 0. The molecule has 20 heavy (non-hydrogen) atoms. The van der Waals surface area contributed by atoms with Crippen molar-refractivity contribution in [2.75, 3.05) is 6.54 Å². The van der Waals surface area contributed by atoms with E-state index >= 15 is 0 Å². The molecule has 0 aromatic heterocycles. The lowest BCUT2D eigenvalue weighted by atomic mass is 10.2. The smallest absolute Gasteiger partial charge is 0.329 e. The Morgan fingerprint density at radius 1 is 1.30 bits per heavy atom. The minimum Gasteiger partial charge on any atom is -0.348 e. The van der Waals surface area contributed by atoms with Gasteiger partial charge in [-0.3, -0.25) is 19.7 Å². The molecule has 0 fully saturated rings. The highest BCUT2D eigenvalue weighted by atomic mass is 16.6. The number of nitro benzene ring substituents is 1. The number of hydrogen-bond donors (Lipinski definition) is 2. The van der Waals surface area contributed by atoms with Crippen molar-refractivity contribution in [1.29, 1.82) is 0 Å². The van der Waals surface area contributed by atoms with E-state index in [-0.39, 0.29) is 5.69 Å². The van der Waals surface area contributed by atoms with Crippen LogP contribution in [0.4, 0.5) is 5.69 Å². The topological polar surface area (TPSA) is 114 Å². The van der Waals surface area contributed by atoms with Crippen LogP contribution in [0.3, 0.4) is 0 Å². The van der Waals surface area contributed by atoms with Gasteiger partial charge in [0.25, 0.3) is 5.69 Å². The molecule has 0 bridgehead atoms. The summed E-state index contributed by atoms with van der Waals surface area (Å²) in [6.45, 7) is 2.28. The molecule has 0 aliphatic heterocycles. The fourth-order valence-electron chi connectivity index (χ4n) is 1.22. The summed E-state index contributed by atoms with van der Waals surface area (Å²) in [6.07, 6.45) is 2.01. The molecule has 8 heteroatoms. The molecule has 8 nitrogen and oxygen atoms in total. The van der Waals surface area contributed by atoms with Gasteiger partial charge in [-0.2, -0.15) is 5.10 Å². The second-order valence-electron chi connectivity index (χ2n) is 3.80. The number of non-ortho nitro benzene ring substituents is 1. The lowest BCUT2D eigenvalue weighted by Gasteiger charge is -2.00. The zero-order valence-electron chi connectivity index (χ0n) is 10.8. The van der Waals surface area contributed by atoms with Crippen LogP contribution in [-0.4, -0.2) is 29.5 Å². The lowest BCUT2D eigenvalue weighted by molar-refractivity contribution is -0.384. The fraction of sp³-hybridized carbons (Fsp3) is 0.250. The van der Waals surface area contributed by atoms with Gasteiger partial charge in [-0.05, 0) is 24.1 Å². The van der Waals surface area contributed by atoms with Gasteiger partial charge in [0, 0.05) is 18.7 Å². The molecule has 2 N–H and O–H groups in total. The Balaban J connectivity index is 2.50. The largest absolute Gasteiger partial charge is 0.348 e. The van der Waals surface area contributed by atoms with Gasteiger partial charge in [-0.15, -0.1) is 0 Å². The summed E-state index contributed by atoms with van der Waals surface area (Å²) >= 11 is 0. The molecular weight excluding hydrogens is 264 g/mol. The van der Waals surface area contributed by atoms with Gasteiger partial charge in [-0.1, -0.05) is 6.92 Å². The Morgan fingerprint density at radius 2 is 1.95 bits per heavy atom. The predicted molar refractivity (Wildman–Crippen MR) is 72.1 cm³/mol. The Labute approximate surface area is 115 Å². The Morgan fingerprint density at radius 3 is 2.50 bits per heavy atom. The van der Waals surface area contributed by atoms with E-state index in [1.165, 1.54) is 30.5 Å². The van der Waals surface area contributed by atoms with Crippen LogP contribution in [0, 0.1) is 10.1 Å². The molecule has 0 spiro atoms. The normalized spacial score (nSPS) is 10.2.